The molecule has 96 valence electrons. The molecule has 7 heteroatoms. The maximum Gasteiger partial charge on any atom is 0.296 e. The maximum absolute atomic E-state index is 11.8. The monoisotopic (exact) mass is 252 g/mol. The van der Waals surface area contributed by atoms with Crippen LogP contribution in [0.2, 0.25) is 0 Å². The van der Waals surface area contributed by atoms with Crippen LogP contribution in [-0.4, -0.2) is 34.2 Å². The maximum atomic E-state index is 11.8. The average Bonchev–Trinajstić information content (AvgIpc) is 2.70. The van der Waals surface area contributed by atoms with Gasteiger partial charge in [-0.3, -0.25) is 14.9 Å². The van der Waals surface area contributed by atoms with Crippen molar-refractivity contribution in [3.63, 3.8) is 0 Å². The van der Waals surface area contributed by atoms with Crippen LogP contribution in [0.1, 0.15) is 6.42 Å². The first-order valence-corrected chi connectivity index (χ1v) is 5.42. The third-order valence-electron chi connectivity index (χ3n) is 2.92. The lowest BCUT2D eigenvalue weighted by Crippen LogP contribution is -2.25. The second-order valence-electron chi connectivity index (χ2n) is 4.16. The number of aliphatic hydroxyl groups excluding tert-OH is 1. The number of carbonyl (C=O) groups excluding carboxylic acids is 1. The Morgan fingerprint density at radius 3 is 2.78 bits per heavy atom. The van der Waals surface area contributed by atoms with Crippen LogP contribution < -0.4 is 4.90 Å². The fraction of sp³-hybridized carbons (Fsp3) is 0.364. The van der Waals surface area contributed by atoms with Gasteiger partial charge in [0.05, 0.1) is 4.92 Å². The summed E-state index contributed by atoms with van der Waals surface area (Å²) in [5.74, 6) is -0.897. The molecule has 1 aromatic rings. The van der Waals surface area contributed by atoms with E-state index in [4.69, 9.17) is 5.11 Å². The van der Waals surface area contributed by atoms with Crippen molar-refractivity contribution in [3.8, 4) is 5.75 Å². The number of aliphatic hydroxyl groups is 1. The van der Waals surface area contributed by atoms with E-state index in [0.29, 0.717) is 0 Å². The fourth-order valence-electron chi connectivity index (χ4n) is 2.06. The third-order valence-corrected chi connectivity index (χ3v) is 2.92. The van der Waals surface area contributed by atoms with E-state index in [1.54, 1.807) is 0 Å². The molecule has 2 N–H and O–H groups in total. The SMILES string of the molecule is O=C1CC(CO)CN1c1c(O)cccc1[N+](=O)[O-]. The number of rotatable bonds is 3. The number of nitrogens with zero attached hydrogens (tertiary/aromatic N) is 2. The number of hydrogen-bond acceptors (Lipinski definition) is 5. The highest BCUT2D eigenvalue weighted by atomic mass is 16.6. The summed E-state index contributed by atoms with van der Waals surface area (Å²) in [7, 11) is 0. The number of hydrogen-bond donors (Lipinski definition) is 2. The largest absolute Gasteiger partial charge is 0.505 e. The minimum absolute atomic E-state index is 0.0940. The van der Waals surface area contributed by atoms with E-state index in [0.717, 1.165) is 4.90 Å². The Morgan fingerprint density at radius 2 is 2.22 bits per heavy atom. The molecule has 1 aliphatic rings. The van der Waals surface area contributed by atoms with Crippen molar-refractivity contribution in [1.29, 1.82) is 0 Å². The van der Waals surface area contributed by atoms with Crippen LogP contribution in [0.4, 0.5) is 11.4 Å². The lowest BCUT2D eigenvalue weighted by molar-refractivity contribution is -0.384. The summed E-state index contributed by atoms with van der Waals surface area (Å²) >= 11 is 0. The number of phenolic OH excluding ortho intramolecular Hbond substituents is 1. The topological polar surface area (TPSA) is 104 Å². The highest BCUT2D eigenvalue weighted by Crippen LogP contribution is 2.39. The predicted octanol–water partition coefficient (Wildman–Crippen LogP) is 0.646. The van der Waals surface area contributed by atoms with Crippen molar-refractivity contribution in [2.45, 2.75) is 6.42 Å². The normalized spacial score (nSPS) is 19.3. The Balaban J connectivity index is 2.45. The van der Waals surface area contributed by atoms with Crippen molar-refractivity contribution >= 4 is 17.3 Å². The van der Waals surface area contributed by atoms with Crippen molar-refractivity contribution in [1.82, 2.24) is 0 Å². The molecule has 0 aromatic heterocycles. The number of para-hydroxylation sites is 1. The summed E-state index contributed by atoms with van der Waals surface area (Å²) in [6.45, 7) is 0.0113. The molecule has 2 rings (SSSR count). The van der Waals surface area contributed by atoms with Gasteiger partial charge in [-0.1, -0.05) is 6.07 Å². The van der Waals surface area contributed by atoms with E-state index >= 15 is 0 Å². The van der Waals surface area contributed by atoms with E-state index in [-0.39, 0.29) is 48.5 Å². The van der Waals surface area contributed by atoms with Crippen LogP contribution in [0.15, 0.2) is 18.2 Å². The number of phenols is 1. The highest BCUT2D eigenvalue weighted by molar-refractivity contribution is 5.99. The number of nitro groups is 1. The van der Waals surface area contributed by atoms with E-state index in [2.05, 4.69) is 0 Å². The smallest absolute Gasteiger partial charge is 0.296 e. The van der Waals surface area contributed by atoms with Crippen molar-refractivity contribution in [3.05, 3.63) is 28.3 Å². The summed E-state index contributed by atoms with van der Waals surface area (Å²) < 4.78 is 0. The van der Waals surface area contributed by atoms with Gasteiger partial charge in [-0.25, -0.2) is 0 Å². The highest BCUT2D eigenvalue weighted by Gasteiger charge is 2.35. The summed E-state index contributed by atoms with van der Waals surface area (Å²) in [6.07, 6.45) is 0.127. The van der Waals surface area contributed by atoms with Crippen LogP contribution in [0.5, 0.6) is 5.75 Å². The Morgan fingerprint density at radius 1 is 1.50 bits per heavy atom. The van der Waals surface area contributed by atoms with Crippen LogP contribution in [-0.2, 0) is 4.79 Å². The Labute approximate surface area is 102 Å². The van der Waals surface area contributed by atoms with E-state index in [9.17, 15) is 20.0 Å². The van der Waals surface area contributed by atoms with Crippen LogP contribution in [0.25, 0.3) is 0 Å². The van der Waals surface area contributed by atoms with Gasteiger partial charge in [0.2, 0.25) is 5.91 Å². The Kier molecular flexibility index (Phi) is 3.15. The summed E-state index contributed by atoms with van der Waals surface area (Å²) in [5, 5.41) is 29.6. The molecule has 1 aliphatic heterocycles. The van der Waals surface area contributed by atoms with Gasteiger partial charge in [-0.15, -0.1) is 0 Å². The molecule has 0 saturated carbocycles. The van der Waals surface area contributed by atoms with Gasteiger partial charge in [0, 0.05) is 31.6 Å². The zero-order chi connectivity index (χ0) is 13.3. The molecule has 1 heterocycles. The van der Waals surface area contributed by atoms with E-state index in [1.807, 2.05) is 0 Å². The third kappa shape index (κ3) is 2.00. The Bertz CT molecular complexity index is 502. The number of carbonyl (C=O) groups is 1. The van der Waals surface area contributed by atoms with Gasteiger partial charge in [-0.05, 0) is 6.07 Å². The average molecular weight is 252 g/mol. The molecule has 0 spiro atoms. The molecule has 0 aliphatic carbocycles. The van der Waals surface area contributed by atoms with E-state index < -0.39 is 4.92 Å². The number of benzene rings is 1. The number of amides is 1. The van der Waals surface area contributed by atoms with E-state index in [1.165, 1.54) is 18.2 Å². The first kappa shape index (κ1) is 12.3. The summed E-state index contributed by atoms with van der Waals surface area (Å²) in [5.41, 5.74) is -0.412. The minimum atomic E-state index is -0.644. The molecular weight excluding hydrogens is 240 g/mol. The molecule has 1 fully saturated rings. The standard InChI is InChI=1S/C11H12N2O5/c14-6-7-4-10(16)12(5-7)11-8(13(17)18)2-1-3-9(11)15/h1-3,7,14-15H,4-6H2. The first-order chi connectivity index (χ1) is 8.54. The summed E-state index contributed by atoms with van der Waals surface area (Å²) in [6, 6.07) is 3.87. The van der Waals surface area contributed by atoms with Gasteiger partial charge in [0.15, 0.2) is 5.69 Å². The van der Waals surface area contributed by atoms with Crippen LogP contribution >= 0.6 is 0 Å². The fourth-order valence-corrected chi connectivity index (χ4v) is 2.06. The number of aromatic hydroxyl groups is 1. The zero-order valence-corrected chi connectivity index (χ0v) is 9.44. The first-order valence-electron chi connectivity index (χ1n) is 5.42. The van der Waals surface area contributed by atoms with Crippen LogP contribution in [0.3, 0.4) is 0 Å². The lowest BCUT2D eigenvalue weighted by Gasteiger charge is -2.17. The number of nitro benzene ring substituents is 1. The molecule has 0 bridgehead atoms. The second kappa shape index (κ2) is 4.61. The summed E-state index contributed by atoms with van der Waals surface area (Å²) in [4.78, 5) is 23.2. The van der Waals surface area contributed by atoms with Gasteiger partial charge in [0.25, 0.3) is 5.69 Å². The molecule has 1 saturated heterocycles. The molecule has 1 amide bonds. The van der Waals surface area contributed by atoms with Gasteiger partial charge in [-0.2, -0.15) is 0 Å². The molecule has 1 unspecified atom stereocenters. The Hall–Kier alpha value is -2.15. The van der Waals surface area contributed by atoms with Gasteiger partial charge < -0.3 is 15.1 Å². The molecular formula is C11H12N2O5. The van der Waals surface area contributed by atoms with Crippen LogP contribution in [0, 0.1) is 16.0 Å². The molecule has 18 heavy (non-hydrogen) atoms. The molecule has 0 radical (unpaired) electrons. The molecule has 1 aromatic carbocycles. The molecule has 7 nitrogen and oxygen atoms in total. The van der Waals surface area contributed by atoms with Crippen molar-refractivity contribution in [2.24, 2.45) is 5.92 Å². The quantitative estimate of drug-likeness (QED) is 0.607. The minimum Gasteiger partial charge on any atom is -0.505 e. The second-order valence-corrected chi connectivity index (χ2v) is 4.16. The van der Waals surface area contributed by atoms with Gasteiger partial charge in [0.1, 0.15) is 5.75 Å². The lowest BCUT2D eigenvalue weighted by atomic mass is 10.1. The number of anilines is 1. The van der Waals surface area contributed by atoms with Gasteiger partial charge >= 0.3 is 0 Å². The van der Waals surface area contributed by atoms with Crippen molar-refractivity contribution < 1.29 is 19.9 Å². The van der Waals surface area contributed by atoms with Crippen molar-refractivity contribution in [2.75, 3.05) is 18.1 Å². The predicted molar refractivity (Wildman–Crippen MR) is 62.3 cm³/mol. The zero-order valence-electron chi connectivity index (χ0n) is 9.44. The molecule has 1 atom stereocenters.